The number of alkyl halides is 2. The minimum absolute atomic E-state index is 0.244. The maximum absolute atomic E-state index is 11.9. The first-order chi connectivity index (χ1) is 11.2. The lowest BCUT2D eigenvalue weighted by molar-refractivity contribution is -0.144. The molecule has 3 rings (SSSR count). The van der Waals surface area contributed by atoms with Crippen molar-refractivity contribution < 1.29 is 14.6 Å². The van der Waals surface area contributed by atoms with Crippen LogP contribution >= 0.6 is 23.2 Å². The third-order valence-electron chi connectivity index (χ3n) is 5.04. The highest BCUT2D eigenvalue weighted by atomic mass is 35.5. The van der Waals surface area contributed by atoms with Crippen molar-refractivity contribution in [3.05, 3.63) is 60.2 Å². The first kappa shape index (κ1) is 17.1. The summed E-state index contributed by atoms with van der Waals surface area (Å²) < 4.78 is 4.50. The first-order valence-electron chi connectivity index (χ1n) is 7.65. The van der Waals surface area contributed by atoms with Crippen molar-refractivity contribution in [2.45, 2.75) is 24.6 Å². The molecule has 2 aromatic rings. The number of rotatable bonds is 5. The highest BCUT2D eigenvalue weighted by Crippen LogP contribution is 2.78. The summed E-state index contributed by atoms with van der Waals surface area (Å²) in [6.07, 6.45) is 0.244. The van der Waals surface area contributed by atoms with E-state index in [0.717, 1.165) is 11.3 Å². The van der Waals surface area contributed by atoms with E-state index in [9.17, 15) is 9.90 Å². The number of hydrogen-bond donors (Lipinski definition) is 1. The highest BCUT2D eigenvalue weighted by Gasteiger charge is 2.85. The van der Waals surface area contributed by atoms with Crippen LogP contribution in [0.5, 0.6) is 11.5 Å². The molecule has 0 spiro atoms. The van der Waals surface area contributed by atoms with E-state index in [0.29, 0.717) is 5.75 Å². The average molecular weight is 365 g/mol. The minimum atomic E-state index is -1.30. The zero-order valence-corrected chi connectivity index (χ0v) is 14.9. The van der Waals surface area contributed by atoms with E-state index in [2.05, 4.69) is 0 Å². The number of carboxylic acids is 1. The predicted molar refractivity (Wildman–Crippen MR) is 94.9 cm³/mol. The van der Waals surface area contributed by atoms with Gasteiger partial charge in [-0.05, 0) is 36.2 Å². The fraction of sp³-hybridized carbons (Fsp3) is 0.316. The molecular weight excluding hydrogens is 347 g/mol. The molecule has 126 valence electrons. The summed E-state index contributed by atoms with van der Waals surface area (Å²) in [6.45, 7) is 3.57. The van der Waals surface area contributed by atoms with Crippen LogP contribution in [0.4, 0.5) is 0 Å². The summed E-state index contributed by atoms with van der Waals surface area (Å²) in [5, 5.41) is 9.74. The smallest absolute Gasteiger partial charge is 0.313 e. The second-order valence-electron chi connectivity index (χ2n) is 6.65. The van der Waals surface area contributed by atoms with Crippen LogP contribution in [-0.2, 0) is 11.2 Å². The van der Waals surface area contributed by atoms with E-state index in [4.69, 9.17) is 27.9 Å². The third kappa shape index (κ3) is 2.38. The van der Waals surface area contributed by atoms with Gasteiger partial charge in [0.05, 0.1) is 0 Å². The van der Waals surface area contributed by atoms with Gasteiger partial charge in [-0.3, -0.25) is 4.79 Å². The molecule has 1 aliphatic rings. The molecule has 5 heteroatoms. The molecule has 0 saturated heterocycles. The van der Waals surface area contributed by atoms with Crippen molar-refractivity contribution in [2.24, 2.45) is 10.8 Å². The second kappa shape index (κ2) is 5.68. The van der Waals surface area contributed by atoms with Crippen molar-refractivity contribution in [3.8, 4) is 11.5 Å². The number of aliphatic carboxylic acids is 1. The largest absolute Gasteiger partial charge is 0.481 e. The molecule has 1 N–H and O–H groups in total. The van der Waals surface area contributed by atoms with E-state index in [1.165, 1.54) is 0 Å². The van der Waals surface area contributed by atoms with E-state index in [1.54, 1.807) is 13.8 Å². The Hall–Kier alpha value is -1.71. The van der Waals surface area contributed by atoms with E-state index in [1.807, 2.05) is 54.6 Å². The number of para-hydroxylation sites is 1. The Labute approximate surface area is 151 Å². The summed E-state index contributed by atoms with van der Waals surface area (Å²) in [4.78, 5) is 11.9. The monoisotopic (exact) mass is 364 g/mol. The molecule has 0 radical (unpaired) electrons. The first-order valence-corrected chi connectivity index (χ1v) is 8.41. The van der Waals surface area contributed by atoms with Crippen LogP contribution in [0.3, 0.4) is 0 Å². The molecule has 0 bridgehead atoms. The van der Waals surface area contributed by atoms with Gasteiger partial charge in [0.15, 0.2) is 0 Å². The summed E-state index contributed by atoms with van der Waals surface area (Å²) in [7, 11) is 0. The predicted octanol–water partition coefficient (Wildman–Crippen LogP) is 5.31. The maximum atomic E-state index is 11.9. The normalized spacial score (nSPS) is 23.5. The zero-order valence-electron chi connectivity index (χ0n) is 13.4. The van der Waals surface area contributed by atoms with Gasteiger partial charge in [-0.1, -0.05) is 67.4 Å². The van der Waals surface area contributed by atoms with Gasteiger partial charge >= 0.3 is 5.97 Å². The van der Waals surface area contributed by atoms with Gasteiger partial charge in [-0.2, -0.15) is 0 Å². The summed E-state index contributed by atoms with van der Waals surface area (Å²) >= 11 is 12.6. The van der Waals surface area contributed by atoms with E-state index in [-0.39, 0.29) is 6.42 Å². The number of hydrogen-bond acceptors (Lipinski definition) is 2. The van der Waals surface area contributed by atoms with Gasteiger partial charge in [0.25, 0.3) is 0 Å². The van der Waals surface area contributed by atoms with Crippen LogP contribution in [0, 0.1) is 10.8 Å². The molecule has 1 aliphatic carbocycles. The van der Waals surface area contributed by atoms with E-state index < -0.39 is 21.1 Å². The zero-order chi connectivity index (χ0) is 17.6. The molecule has 1 fully saturated rings. The van der Waals surface area contributed by atoms with Crippen LogP contribution in [0.2, 0.25) is 0 Å². The molecule has 0 heterocycles. The van der Waals surface area contributed by atoms with Crippen LogP contribution in [0.25, 0.3) is 0 Å². The van der Waals surface area contributed by atoms with Crippen molar-refractivity contribution in [3.63, 3.8) is 0 Å². The third-order valence-corrected chi connectivity index (χ3v) is 6.63. The fourth-order valence-corrected chi connectivity index (χ4v) is 4.31. The molecule has 1 saturated carbocycles. The Kier molecular flexibility index (Phi) is 4.05. The molecular formula is C19H18Cl2O3. The van der Waals surface area contributed by atoms with Crippen molar-refractivity contribution >= 4 is 29.2 Å². The number of carbonyl (C=O) groups is 1. The maximum Gasteiger partial charge on any atom is 0.313 e. The molecule has 1 unspecified atom stereocenters. The summed E-state index contributed by atoms with van der Waals surface area (Å²) in [6, 6.07) is 16.8. The molecule has 2 aromatic carbocycles. The molecule has 24 heavy (non-hydrogen) atoms. The van der Waals surface area contributed by atoms with Crippen LogP contribution in [0.1, 0.15) is 19.4 Å². The second-order valence-corrected chi connectivity index (χ2v) is 7.98. The lowest BCUT2D eigenvalue weighted by atomic mass is 9.89. The standard InChI is InChI=1S/C19H18Cl2O3/c1-17(2)18(16(22)23,19(17,20)21)12-13-7-6-10-15(11-13)24-14-8-4-3-5-9-14/h3-11H,12H2,1-2H3,(H,22,23). The topological polar surface area (TPSA) is 46.5 Å². The molecule has 0 amide bonds. The molecule has 1 atom stereocenters. The van der Waals surface area contributed by atoms with Crippen molar-refractivity contribution in [1.82, 2.24) is 0 Å². The number of carboxylic acid groups (broad SMARTS) is 1. The van der Waals surface area contributed by atoms with Crippen LogP contribution in [0.15, 0.2) is 54.6 Å². The fourth-order valence-electron chi connectivity index (χ4n) is 3.31. The molecule has 0 aromatic heterocycles. The van der Waals surface area contributed by atoms with Gasteiger partial charge in [0.1, 0.15) is 21.2 Å². The lowest BCUT2D eigenvalue weighted by Gasteiger charge is -2.16. The van der Waals surface area contributed by atoms with Crippen molar-refractivity contribution in [1.29, 1.82) is 0 Å². The quantitative estimate of drug-likeness (QED) is 0.731. The Morgan fingerprint density at radius 2 is 1.62 bits per heavy atom. The Bertz CT molecular complexity index is 755. The average Bonchev–Trinajstić information content (AvgIpc) is 2.87. The Morgan fingerprint density at radius 1 is 1.04 bits per heavy atom. The van der Waals surface area contributed by atoms with Gasteiger partial charge in [0, 0.05) is 5.41 Å². The Balaban J connectivity index is 1.86. The van der Waals surface area contributed by atoms with Crippen LogP contribution < -0.4 is 4.74 Å². The summed E-state index contributed by atoms with van der Waals surface area (Å²) in [5.74, 6) is 0.387. The minimum Gasteiger partial charge on any atom is -0.481 e. The lowest BCUT2D eigenvalue weighted by Crippen LogP contribution is -2.26. The molecule has 0 aliphatic heterocycles. The van der Waals surface area contributed by atoms with E-state index >= 15 is 0 Å². The highest BCUT2D eigenvalue weighted by molar-refractivity contribution is 6.54. The number of halogens is 2. The van der Waals surface area contributed by atoms with Gasteiger partial charge < -0.3 is 9.84 Å². The SMILES string of the molecule is CC1(C)C(Cl)(Cl)C1(Cc1cccc(Oc2ccccc2)c1)C(=O)O. The van der Waals surface area contributed by atoms with Gasteiger partial charge in [-0.25, -0.2) is 0 Å². The van der Waals surface area contributed by atoms with Gasteiger partial charge in [-0.15, -0.1) is 0 Å². The van der Waals surface area contributed by atoms with Crippen LogP contribution in [-0.4, -0.2) is 15.4 Å². The number of benzene rings is 2. The van der Waals surface area contributed by atoms with Gasteiger partial charge in [0.2, 0.25) is 0 Å². The Morgan fingerprint density at radius 3 is 2.17 bits per heavy atom. The molecule has 3 nitrogen and oxygen atoms in total. The van der Waals surface area contributed by atoms with Crippen molar-refractivity contribution in [2.75, 3.05) is 0 Å². The summed E-state index contributed by atoms with van der Waals surface area (Å²) in [5.41, 5.74) is -1.11. The number of ether oxygens (including phenoxy) is 1.